The number of rotatable bonds is 0. The lowest BCUT2D eigenvalue weighted by Gasteiger charge is -1.72. The number of aromatic nitrogens is 2. The molecule has 0 amide bonds. The molecule has 0 aliphatic carbocycles. The molecule has 0 fully saturated rings. The maximum atomic E-state index is 10.1. The zero-order chi connectivity index (χ0) is 8.65. The third-order valence-corrected chi connectivity index (χ3v) is 1.01. The van der Waals surface area contributed by atoms with Crippen LogP contribution in [0.15, 0.2) is 52.3 Å². The lowest BCUT2D eigenvalue weighted by atomic mass is 10.7. The van der Waals surface area contributed by atoms with Gasteiger partial charge in [0, 0.05) is 12.4 Å². The highest BCUT2D eigenvalue weighted by molar-refractivity contribution is 4.79. The molecule has 62 valence electrons. The molecular weight excluding hydrogens is 156 g/mol. The van der Waals surface area contributed by atoms with E-state index < -0.39 is 0 Å². The maximum absolute atomic E-state index is 10.1. The Morgan fingerprint density at radius 2 is 2.00 bits per heavy atom. The quantitative estimate of drug-likeness (QED) is 0.633. The summed E-state index contributed by atoms with van der Waals surface area (Å²) in [5.41, 5.74) is -0.303. The standard InChI is InChI=1S/C4H4N2O.C4H4O/c7-4-5-2-1-3-6-4;1-2-4-5-3-1/h1-3H,(H,5,6,7);1-4H. The second-order valence-corrected chi connectivity index (χ2v) is 1.88. The monoisotopic (exact) mass is 164 g/mol. The minimum atomic E-state index is -0.303. The average molecular weight is 164 g/mol. The predicted octanol–water partition coefficient (Wildman–Crippen LogP) is 1.05. The summed E-state index contributed by atoms with van der Waals surface area (Å²) < 4.78 is 4.58. The SMILES string of the molecule is O=c1nccc[nH]1.c1ccoc1. The molecule has 0 bridgehead atoms. The number of aromatic amines is 1. The fraction of sp³-hybridized carbons (Fsp3) is 0. The Bertz CT molecular complexity index is 305. The van der Waals surface area contributed by atoms with Gasteiger partial charge in [-0.2, -0.15) is 0 Å². The minimum Gasteiger partial charge on any atom is -0.473 e. The van der Waals surface area contributed by atoms with Crippen molar-refractivity contribution < 1.29 is 4.42 Å². The van der Waals surface area contributed by atoms with Crippen LogP contribution in [-0.2, 0) is 0 Å². The van der Waals surface area contributed by atoms with Gasteiger partial charge in [-0.1, -0.05) is 0 Å². The fourth-order valence-corrected chi connectivity index (χ4v) is 0.537. The van der Waals surface area contributed by atoms with Crippen LogP contribution in [0.4, 0.5) is 0 Å². The summed E-state index contributed by atoms with van der Waals surface area (Å²) in [5.74, 6) is 0. The minimum absolute atomic E-state index is 0.303. The Hall–Kier alpha value is -1.84. The number of nitrogens with one attached hydrogen (secondary N) is 1. The van der Waals surface area contributed by atoms with E-state index in [0.29, 0.717) is 0 Å². The van der Waals surface area contributed by atoms with Gasteiger partial charge >= 0.3 is 5.69 Å². The number of nitrogens with zero attached hydrogens (tertiary/aromatic N) is 1. The van der Waals surface area contributed by atoms with Crippen molar-refractivity contribution >= 4 is 0 Å². The van der Waals surface area contributed by atoms with Gasteiger partial charge in [-0.05, 0) is 18.2 Å². The molecule has 0 radical (unpaired) electrons. The Labute approximate surface area is 68.9 Å². The second kappa shape index (κ2) is 4.90. The Morgan fingerprint density at radius 1 is 1.25 bits per heavy atom. The lowest BCUT2D eigenvalue weighted by Crippen LogP contribution is -2.05. The van der Waals surface area contributed by atoms with Crippen molar-refractivity contribution in [3.8, 4) is 0 Å². The van der Waals surface area contributed by atoms with Crippen LogP contribution in [0.3, 0.4) is 0 Å². The number of hydrogen-bond donors (Lipinski definition) is 1. The maximum Gasteiger partial charge on any atom is 0.344 e. The van der Waals surface area contributed by atoms with Gasteiger partial charge in [0.1, 0.15) is 0 Å². The molecule has 2 heterocycles. The zero-order valence-electron chi connectivity index (χ0n) is 6.31. The van der Waals surface area contributed by atoms with E-state index in [0.717, 1.165) is 0 Å². The number of H-pyrrole nitrogens is 1. The topological polar surface area (TPSA) is 58.9 Å². The van der Waals surface area contributed by atoms with Crippen molar-refractivity contribution in [2.24, 2.45) is 0 Å². The molecule has 0 aliphatic heterocycles. The molecule has 0 saturated carbocycles. The van der Waals surface area contributed by atoms with Crippen molar-refractivity contribution in [3.63, 3.8) is 0 Å². The molecule has 1 N–H and O–H groups in total. The Morgan fingerprint density at radius 3 is 2.25 bits per heavy atom. The second-order valence-electron chi connectivity index (χ2n) is 1.88. The lowest BCUT2D eigenvalue weighted by molar-refractivity contribution is 0.567. The molecule has 0 saturated heterocycles. The Balaban J connectivity index is 0.000000127. The van der Waals surface area contributed by atoms with E-state index in [1.54, 1.807) is 18.6 Å². The first kappa shape index (κ1) is 8.26. The average Bonchev–Trinajstić information content (AvgIpc) is 2.62. The van der Waals surface area contributed by atoms with E-state index in [1.807, 2.05) is 12.1 Å². The van der Waals surface area contributed by atoms with Crippen LogP contribution in [0, 0.1) is 0 Å². The van der Waals surface area contributed by atoms with Crippen LogP contribution in [0.5, 0.6) is 0 Å². The van der Waals surface area contributed by atoms with E-state index in [1.165, 1.54) is 12.4 Å². The van der Waals surface area contributed by atoms with Gasteiger partial charge in [-0.3, -0.25) is 0 Å². The highest BCUT2D eigenvalue weighted by Crippen LogP contribution is 1.79. The molecule has 0 aliphatic rings. The summed E-state index contributed by atoms with van der Waals surface area (Å²) in [6.07, 6.45) is 6.23. The summed E-state index contributed by atoms with van der Waals surface area (Å²) in [5, 5.41) is 0. The van der Waals surface area contributed by atoms with Gasteiger partial charge in [0.2, 0.25) is 0 Å². The summed E-state index contributed by atoms with van der Waals surface area (Å²) in [7, 11) is 0. The van der Waals surface area contributed by atoms with E-state index in [4.69, 9.17) is 0 Å². The molecule has 2 rings (SSSR count). The third-order valence-electron chi connectivity index (χ3n) is 1.01. The van der Waals surface area contributed by atoms with Crippen LogP contribution < -0.4 is 5.69 Å². The van der Waals surface area contributed by atoms with E-state index in [-0.39, 0.29) is 5.69 Å². The van der Waals surface area contributed by atoms with Crippen molar-refractivity contribution in [1.82, 2.24) is 9.97 Å². The molecular formula is C8H8N2O2. The molecule has 2 aromatic heterocycles. The summed E-state index contributed by atoms with van der Waals surface area (Å²) in [6, 6.07) is 5.32. The van der Waals surface area contributed by atoms with Crippen molar-refractivity contribution in [3.05, 3.63) is 53.6 Å². The zero-order valence-corrected chi connectivity index (χ0v) is 6.31. The molecule has 4 heteroatoms. The van der Waals surface area contributed by atoms with Gasteiger partial charge < -0.3 is 9.40 Å². The first-order valence-electron chi connectivity index (χ1n) is 3.36. The van der Waals surface area contributed by atoms with E-state index in [9.17, 15) is 4.79 Å². The van der Waals surface area contributed by atoms with Crippen LogP contribution in [0.25, 0.3) is 0 Å². The highest BCUT2D eigenvalue weighted by atomic mass is 16.3. The molecule has 0 atom stereocenters. The van der Waals surface area contributed by atoms with Gasteiger partial charge in [0.25, 0.3) is 0 Å². The molecule has 0 spiro atoms. The Kier molecular flexibility index (Phi) is 3.37. The summed E-state index contributed by atoms with van der Waals surface area (Å²) >= 11 is 0. The third kappa shape index (κ3) is 3.36. The summed E-state index contributed by atoms with van der Waals surface area (Å²) in [6.45, 7) is 0. The van der Waals surface area contributed by atoms with Gasteiger partial charge in [0.05, 0.1) is 12.5 Å². The summed E-state index contributed by atoms with van der Waals surface area (Å²) in [4.78, 5) is 15.8. The highest BCUT2D eigenvalue weighted by Gasteiger charge is 1.70. The van der Waals surface area contributed by atoms with Crippen molar-refractivity contribution in [2.45, 2.75) is 0 Å². The van der Waals surface area contributed by atoms with Crippen molar-refractivity contribution in [1.29, 1.82) is 0 Å². The molecule has 12 heavy (non-hydrogen) atoms. The smallest absolute Gasteiger partial charge is 0.344 e. The molecule has 0 aromatic carbocycles. The normalized spacial score (nSPS) is 8.33. The van der Waals surface area contributed by atoms with Gasteiger partial charge in [-0.25, -0.2) is 9.78 Å². The van der Waals surface area contributed by atoms with Crippen LogP contribution >= 0.6 is 0 Å². The van der Waals surface area contributed by atoms with Crippen LogP contribution in [-0.4, -0.2) is 9.97 Å². The largest absolute Gasteiger partial charge is 0.473 e. The molecule has 4 nitrogen and oxygen atoms in total. The van der Waals surface area contributed by atoms with E-state index >= 15 is 0 Å². The fourth-order valence-electron chi connectivity index (χ4n) is 0.537. The van der Waals surface area contributed by atoms with Crippen molar-refractivity contribution in [2.75, 3.05) is 0 Å². The van der Waals surface area contributed by atoms with Gasteiger partial charge in [-0.15, -0.1) is 0 Å². The van der Waals surface area contributed by atoms with Crippen LogP contribution in [0.2, 0.25) is 0 Å². The van der Waals surface area contributed by atoms with Gasteiger partial charge in [0.15, 0.2) is 0 Å². The molecule has 2 aromatic rings. The predicted molar refractivity (Wildman–Crippen MR) is 43.6 cm³/mol. The first-order valence-corrected chi connectivity index (χ1v) is 3.36. The van der Waals surface area contributed by atoms with Crippen LogP contribution in [0.1, 0.15) is 0 Å². The number of furan rings is 1. The van der Waals surface area contributed by atoms with E-state index in [2.05, 4.69) is 14.4 Å². The molecule has 0 unspecified atom stereocenters. The first-order chi connectivity index (χ1) is 5.89. The number of hydrogen-bond acceptors (Lipinski definition) is 3.